The molecule has 2 amide bonds. The van der Waals surface area contributed by atoms with E-state index in [2.05, 4.69) is 0 Å². The molecule has 0 atom stereocenters. The molecular weight excluding hydrogens is 394 g/mol. The maximum Gasteiger partial charge on any atom is 0.318 e. The van der Waals surface area contributed by atoms with Crippen LogP contribution in [0.2, 0.25) is 0 Å². The summed E-state index contributed by atoms with van der Waals surface area (Å²) >= 11 is 0. The van der Waals surface area contributed by atoms with E-state index in [1.165, 1.54) is 18.2 Å². The zero-order chi connectivity index (χ0) is 21.4. The van der Waals surface area contributed by atoms with Crippen molar-refractivity contribution in [3.05, 3.63) is 98.1 Å². The summed E-state index contributed by atoms with van der Waals surface area (Å²) in [5.41, 5.74) is -0.377. The van der Waals surface area contributed by atoms with E-state index in [0.29, 0.717) is 5.69 Å². The molecule has 0 bridgehead atoms. The number of imide groups is 1. The summed E-state index contributed by atoms with van der Waals surface area (Å²) in [4.78, 5) is 47.0. The van der Waals surface area contributed by atoms with Crippen LogP contribution in [0.5, 0.6) is 11.5 Å². The number of anilines is 1. The molecule has 0 unspecified atom stereocenters. The van der Waals surface area contributed by atoms with Crippen molar-refractivity contribution in [3.8, 4) is 11.5 Å². The van der Waals surface area contributed by atoms with Crippen LogP contribution < -0.4 is 9.64 Å². The van der Waals surface area contributed by atoms with Gasteiger partial charge in [-0.1, -0.05) is 18.2 Å². The van der Waals surface area contributed by atoms with Crippen molar-refractivity contribution in [2.45, 2.75) is 0 Å². The van der Waals surface area contributed by atoms with Crippen LogP contribution in [0.3, 0.4) is 0 Å². The summed E-state index contributed by atoms with van der Waals surface area (Å²) in [6.45, 7) is 0. The second kappa shape index (κ2) is 7.09. The van der Waals surface area contributed by atoms with Crippen molar-refractivity contribution >= 4 is 28.9 Å². The molecule has 1 aliphatic rings. The van der Waals surface area contributed by atoms with Crippen molar-refractivity contribution in [1.29, 1.82) is 0 Å². The average Bonchev–Trinajstić information content (AvgIpc) is 2.98. The Kier molecular flexibility index (Phi) is 4.43. The van der Waals surface area contributed by atoms with Crippen LogP contribution in [0.1, 0.15) is 20.7 Å². The summed E-state index contributed by atoms with van der Waals surface area (Å²) < 4.78 is 5.51. The second-order valence-electron chi connectivity index (χ2n) is 6.26. The summed E-state index contributed by atoms with van der Waals surface area (Å²) in [6, 6.07) is 15.5. The van der Waals surface area contributed by atoms with Gasteiger partial charge in [0.2, 0.25) is 5.75 Å². The van der Waals surface area contributed by atoms with Crippen LogP contribution >= 0.6 is 0 Å². The predicted molar refractivity (Wildman–Crippen MR) is 104 cm³/mol. The number of benzene rings is 3. The highest BCUT2D eigenvalue weighted by Crippen LogP contribution is 2.36. The number of nitro groups is 2. The first-order valence-corrected chi connectivity index (χ1v) is 8.55. The number of nitro benzene ring substituents is 2. The normalized spacial score (nSPS) is 12.6. The van der Waals surface area contributed by atoms with Gasteiger partial charge in [-0.15, -0.1) is 0 Å². The molecule has 0 aliphatic carbocycles. The molecule has 0 N–H and O–H groups in total. The lowest BCUT2D eigenvalue weighted by molar-refractivity contribution is -0.394. The fraction of sp³-hybridized carbons (Fsp3) is 0. The molecule has 1 heterocycles. The Morgan fingerprint density at radius 1 is 0.767 bits per heavy atom. The second-order valence-corrected chi connectivity index (χ2v) is 6.26. The number of rotatable bonds is 5. The van der Waals surface area contributed by atoms with E-state index in [1.807, 2.05) is 0 Å². The Morgan fingerprint density at radius 2 is 1.47 bits per heavy atom. The Labute approximate surface area is 168 Å². The number of nitrogens with zero attached hydrogens (tertiary/aromatic N) is 3. The monoisotopic (exact) mass is 405 g/mol. The van der Waals surface area contributed by atoms with E-state index < -0.39 is 33.0 Å². The van der Waals surface area contributed by atoms with Gasteiger partial charge in [0, 0.05) is 6.07 Å². The molecule has 10 heteroatoms. The Bertz CT molecular complexity index is 1220. The molecule has 4 rings (SSSR count). The molecule has 3 aromatic rings. The van der Waals surface area contributed by atoms with Crippen molar-refractivity contribution < 1.29 is 24.2 Å². The van der Waals surface area contributed by atoms with E-state index in [9.17, 15) is 29.8 Å². The maximum absolute atomic E-state index is 12.8. The van der Waals surface area contributed by atoms with Gasteiger partial charge in [0.05, 0.1) is 32.7 Å². The quantitative estimate of drug-likeness (QED) is 0.354. The minimum atomic E-state index is -0.804. The summed E-state index contributed by atoms with van der Waals surface area (Å²) in [5, 5.41) is 22.1. The first-order chi connectivity index (χ1) is 14.4. The number of ether oxygens (including phenoxy) is 1. The first-order valence-electron chi connectivity index (χ1n) is 8.55. The zero-order valence-corrected chi connectivity index (χ0v) is 15.1. The predicted octanol–water partition coefficient (Wildman–Crippen LogP) is 4.10. The number of non-ortho nitro benzene ring substituents is 1. The molecule has 0 saturated heterocycles. The van der Waals surface area contributed by atoms with Crippen molar-refractivity contribution in [3.63, 3.8) is 0 Å². The van der Waals surface area contributed by atoms with Gasteiger partial charge in [0.1, 0.15) is 5.75 Å². The first kappa shape index (κ1) is 18.7. The van der Waals surface area contributed by atoms with Gasteiger partial charge in [-0.05, 0) is 36.4 Å². The fourth-order valence-corrected chi connectivity index (χ4v) is 3.07. The molecule has 10 nitrogen and oxygen atoms in total. The SMILES string of the molecule is O=C1c2ccc(Oc3ccc([N+](=O)[O-])cc3[N+](=O)[O-])cc2C(=O)N1c1ccccc1. The van der Waals surface area contributed by atoms with Gasteiger partial charge in [0.15, 0.2) is 0 Å². The van der Waals surface area contributed by atoms with E-state index in [0.717, 1.165) is 23.1 Å². The maximum atomic E-state index is 12.8. The van der Waals surface area contributed by atoms with Gasteiger partial charge in [0.25, 0.3) is 17.5 Å². The minimum Gasteiger partial charge on any atom is -0.450 e. The van der Waals surface area contributed by atoms with E-state index in [4.69, 9.17) is 4.74 Å². The fourth-order valence-electron chi connectivity index (χ4n) is 3.07. The highest BCUT2D eigenvalue weighted by molar-refractivity contribution is 6.34. The van der Waals surface area contributed by atoms with Crippen molar-refractivity contribution in [2.75, 3.05) is 4.90 Å². The number of amides is 2. The number of hydrogen-bond donors (Lipinski definition) is 0. The average molecular weight is 405 g/mol. The lowest BCUT2D eigenvalue weighted by Crippen LogP contribution is -2.29. The van der Waals surface area contributed by atoms with Crippen LogP contribution in [-0.2, 0) is 0 Å². The Balaban J connectivity index is 1.69. The standard InChI is InChI=1S/C20H11N3O7/c24-19-15-8-7-14(11-16(15)20(25)21(19)12-4-2-1-3-5-12)30-18-9-6-13(22(26)27)10-17(18)23(28)29/h1-11H. The third-order valence-corrected chi connectivity index (χ3v) is 4.45. The topological polar surface area (TPSA) is 133 Å². The van der Waals surface area contributed by atoms with Crippen LogP contribution in [-0.4, -0.2) is 21.7 Å². The highest BCUT2D eigenvalue weighted by atomic mass is 16.6. The molecule has 3 aromatic carbocycles. The number of para-hydroxylation sites is 1. The van der Waals surface area contributed by atoms with Gasteiger partial charge >= 0.3 is 5.69 Å². The molecule has 30 heavy (non-hydrogen) atoms. The van der Waals surface area contributed by atoms with E-state index in [-0.39, 0.29) is 22.6 Å². The highest BCUT2D eigenvalue weighted by Gasteiger charge is 2.37. The lowest BCUT2D eigenvalue weighted by atomic mass is 10.1. The summed E-state index contributed by atoms with van der Waals surface area (Å²) in [5.74, 6) is -1.21. The summed E-state index contributed by atoms with van der Waals surface area (Å²) in [6.07, 6.45) is 0. The van der Waals surface area contributed by atoms with Crippen molar-refractivity contribution in [1.82, 2.24) is 0 Å². The third-order valence-electron chi connectivity index (χ3n) is 4.45. The smallest absolute Gasteiger partial charge is 0.318 e. The van der Waals surface area contributed by atoms with Crippen LogP contribution in [0.4, 0.5) is 17.1 Å². The molecule has 0 fully saturated rings. The van der Waals surface area contributed by atoms with Crippen LogP contribution in [0.25, 0.3) is 0 Å². The number of fused-ring (bicyclic) bond motifs is 1. The Morgan fingerprint density at radius 3 is 2.13 bits per heavy atom. The van der Waals surface area contributed by atoms with Gasteiger partial charge in [-0.2, -0.15) is 0 Å². The van der Waals surface area contributed by atoms with Gasteiger partial charge < -0.3 is 4.74 Å². The molecule has 148 valence electrons. The summed E-state index contributed by atoms with van der Waals surface area (Å²) in [7, 11) is 0. The number of hydrogen-bond acceptors (Lipinski definition) is 7. The van der Waals surface area contributed by atoms with Gasteiger partial charge in [-0.25, -0.2) is 4.90 Å². The molecular formula is C20H11N3O7. The minimum absolute atomic E-state index is 0.0711. The third kappa shape index (κ3) is 3.11. The number of carbonyl (C=O) groups excluding carboxylic acids is 2. The van der Waals surface area contributed by atoms with Crippen LogP contribution in [0.15, 0.2) is 66.7 Å². The van der Waals surface area contributed by atoms with Crippen LogP contribution in [0, 0.1) is 20.2 Å². The molecule has 1 aliphatic heterocycles. The largest absolute Gasteiger partial charge is 0.450 e. The molecule has 0 spiro atoms. The number of carbonyl (C=O) groups is 2. The Hall–Kier alpha value is -4.60. The molecule has 0 saturated carbocycles. The molecule has 0 radical (unpaired) electrons. The van der Waals surface area contributed by atoms with E-state index in [1.54, 1.807) is 30.3 Å². The van der Waals surface area contributed by atoms with Gasteiger partial charge in [-0.3, -0.25) is 29.8 Å². The van der Waals surface area contributed by atoms with Crippen molar-refractivity contribution in [2.24, 2.45) is 0 Å². The van der Waals surface area contributed by atoms with E-state index >= 15 is 0 Å². The zero-order valence-electron chi connectivity index (χ0n) is 15.1. The molecule has 0 aromatic heterocycles. The lowest BCUT2D eigenvalue weighted by Gasteiger charge is -2.13.